The first-order chi connectivity index (χ1) is 26.9. The maximum Gasteiger partial charge on any atom is 0.328 e. The van der Waals surface area contributed by atoms with Gasteiger partial charge in [-0.1, -0.05) is 24.3 Å². The standard InChI is InChI=1S/C43H47N9O3/c1-27-23-30(5-10-38(27)52-21-15-39(53)49-43(52)54)29-11-17-50(18-12-29)35-13-19-51(20-14-35)34-8-6-33(7-9-34)47-42-46-25-32-4-3-31(24-37(32)48-42)36-26-45-41-40(28(36)2)44-16-22-55-41/h3-10,23-26,29,35,44H,11-22H2,1-2H3,(H,46,47,48)(H,49,53,54). The van der Waals surface area contributed by atoms with Gasteiger partial charge in [0.15, 0.2) is 0 Å². The number of carbonyl (C=O) groups excluding carboxylic acids is 2. The fourth-order valence-electron chi connectivity index (χ4n) is 8.76. The number of aromatic nitrogens is 3. The van der Waals surface area contributed by atoms with E-state index >= 15 is 0 Å². The Morgan fingerprint density at radius 1 is 0.855 bits per heavy atom. The Morgan fingerprint density at radius 2 is 1.67 bits per heavy atom. The van der Waals surface area contributed by atoms with Gasteiger partial charge in [0.05, 0.1) is 5.52 Å². The number of anilines is 5. The number of nitrogens with zero attached hydrogens (tertiary/aromatic N) is 6. The van der Waals surface area contributed by atoms with Gasteiger partial charge in [-0.05, 0) is 117 Å². The largest absolute Gasteiger partial charge is 0.474 e. The Kier molecular flexibility index (Phi) is 9.43. The Morgan fingerprint density at radius 3 is 2.45 bits per heavy atom. The number of fused-ring (bicyclic) bond motifs is 2. The number of piperidine rings is 2. The summed E-state index contributed by atoms with van der Waals surface area (Å²) < 4.78 is 5.72. The Balaban J connectivity index is 0.777. The lowest BCUT2D eigenvalue weighted by Crippen LogP contribution is -2.49. The first-order valence-electron chi connectivity index (χ1n) is 19.6. The van der Waals surface area contributed by atoms with Crippen molar-refractivity contribution in [2.75, 3.05) is 66.3 Å². The summed E-state index contributed by atoms with van der Waals surface area (Å²) in [5.41, 5.74) is 10.6. The van der Waals surface area contributed by atoms with Crippen molar-refractivity contribution in [1.82, 2.24) is 25.2 Å². The molecule has 282 valence electrons. The molecule has 0 bridgehead atoms. The second-order valence-electron chi connectivity index (χ2n) is 15.2. The highest BCUT2D eigenvalue weighted by molar-refractivity contribution is 6.06. The molecule has 3 amide bonds. The molecule has 0 saturated carbocycles. The van der Waals surface area contributed by atoms with Gasteiger partial charge < -0.3 is 25.2 Å². The molecule has 0 spiro atoms. The summed E-state index contributed by atoms with van der Waals surface area (Å²) in [6.07, 6.45) is 8.70. The number of ether oxygens (including phenoxy) is 1. The Bertz CT molecular complexity index is 2250. The average molecular weight is 738 g/mol. The molecule has 0 unspecified atom stereocenters. The van der Waals surface area contributed by atoms with Crippen LogP contribution in [0.2, 0.25) is 0 Å². The number of imide groups is 1. The van der Waals surface area contributed by atoms with Crippen LogP contribution in [-0.4, -0.2) is 83.7 Å². The quantitative estimate of drug-likeness (QED) is 0.159. The second-order valence-corrected chi connectivity index (χ2v) is 15.2. The average Bonchev–Trinajstić information content (AvgIpc) is 3.21. The van der Waals surface area contributed by atoms with Gasteiger partial charge in [-0.3, -0.25) is 15.0 Å². The van der Waals surface area contributed by atoms with E-state index < -0.39 is 0 Å². The van der Waals surface area contributed by atoms with Gasteiger partial charge in [-0.25, -0.2) is 19.7 Å². The minimum absolute atomic E-state index is 0.205. The smallest absolute Gasteiger partial charge is 0.328 e. The van der Waals surface area contributed by atoms with Crippen LogP contribution in [0.3, 0.4) is 0 Å². The lowest BCUT2D eigenvalue weighted by molar-refractivity contribution is -0.120. The molecule has 3 saturated heterocycles. The summed E-state index contributed by atoms with van der Waals surface area (Å²) in [6, 6.07) is 21.6. The molecule has 3 N–H and O–H groups in total. The third kappa shape index (κ3) is 7.14. The molecule has 0 radical (unpaired) electrons. The molecule has 0 aliphatic carbocycles. The van der Waals surface area contributed by atoms with E-state index in [1.807, 2.05) is 12.4 Å². The molecule has 2 aromatic heterocycles. The fraction of sp³-hybridized carbons (Fsp3) is 0.372. The normalized spacial score (nSPS) is 18.4. The van der Waals surface area contributed by atoms with Crippen molar-refractivity contribution in [3.8, 4) is 17.0 Å². The van der Waals surface area contributed by atoms with Crippen molar-refractivity contribution >= 4 is 51.5 Å². The van der Waals surface area contributed by atoms with Crippen LogP contribution in [-0.2, 0) is 4.79 Å². The number of hydrogen-bond acceptors (Lipinski definition) is 10. The maximum absolute atomic E-state index is 12.4. The molecule has 9 rings (SSSR count). The van der Waals surface area contributed by atoms with Gasteiger partial charge >= 0.3 is 6.03 Å². The molecule has 6 heterocycles. The summed E-state index contributed by atoms with van der Waals surface area (Å²) in [5, 5.41) is 10.3. The van der Waals surface area contributed by atoms with Crippen LogP contribution in [0.5, 0.6) is 5.88 Å². The number of aryl methyl sites for hydroxylation is 1. The van der Waals surface area contributed by atoms with Crippen LogP contribution in [0.1, 0.15) is 54.7 Å². The van der Waals surface area contributed by atoms with E-state index in [0.29, 0.717) is 43.4 Å². The van der Waals surface area contributed by atoms with Crippen molar-refractivity contribution in [3.05, 3.63) is 89.7 Å². The van der Waals surface area contributed by atoms with E-state index in [4.69, 9.17) is 9.72 Å². The minimum atomic E-state index is -0.327. The van der Waals surface area contributed by atoms with E-state index in [9.17, 15) is 9.59 Å². The predicted octanol–water partition coefficient (Wildman–Crippen LogP) is 7.15. The maximum atomic E-state index is 12.4. The lowest BCUT2D eigenvalue weighted by Gasteiger charge is -2.42. The van der Waals surface area contributed by atoms with Crippen molar-refractivity contribution < 1.29 is 14.3 Å². The van der Waals surface area contributed by atoms with Crippen LogP contribution < -0.4 is 30.5 Å². The SMILES string of the molecule is Cc1cc(C2CCN(C3CCN(c4ccc(Nc5ncc6ccc(-c7cnc8c(c7C)NCCO8)cc6n5)cc4)CC3)CC2)ccc1N1CCC(=O)NC1=O. The third-order valence-electron chi connectivity index (χ3n) is 11.9. The van der Waals surface area contributed by atoms with Crippen LogP contribution in [0.15, 0.2) is 73.1 Å². The molecule has 4 aliphatic heterocycles. The first kappa shape index (κ1) is 35.0. The Hall–Kier alpha value is -5.75. The number of benzene rings is 3. The molecule has 3 aromatic carbocycles. The lowest BCUT2D eigenvalue weighted by atomic mass is 9.87. The highest BCUT2D eigenvalue weighted by Gasteiger charge is 2.30. The van der Waals surface area contributed by atoms with E-state index in [1.165, 1.54) is 11.3 Å². The monoisotopic (exact) mass is 737 g/mol. The molecule has 0 atom stereocenters. The van der Waals surface area contributed by atoms with E-state index in [1.54, 1.807) is 4.90 Å². The van der Waals surface area contributed by atoms with Gasteiger partial charge in [-0.15, -0.1) is 0 Å². The first-order valence-corrected chi connectivity index (χ1v) is 19.6. The number of likely N-dealkylation sites (tertiary alicyclic amines) is 1. The van der Waals surface area contributed by atoms with E-state index in [2.05, 4.69) is 110 Å². The summed E-state index contributed by atoms with van der Waals surface area (Å²) >= 11 is 0. The van der Waals surface area contributed by atoms with Crippen LogP contribution in [0.4, 0.5) is 33.5 Å². The number of hydrogen-bond donors (Lipinski definition) is 3. The molecule has 4 aliphatic rings. The Labute approximate surface area is 321 Å². The second kappa shape index (κ2) is 14.8. The van der Waals surface area contributed by atoms with Gasteiger partial charge in [-0.2, -0.15) is 0 Å². The highest BCUT2D eigenvalue weighted by atomic mass is 16.5. The van der Waals surface area contributed by atoms with Gasteiger partial charge in [0.2, 0.25) is 17.7 Å². The van der Waals surface area contributed by atoms with Crippen molar-refractivity contribution in [1.29, 1.82) is 0 Å². The number of nitrogens with one attached hydrogen (secondary N) is 3. The molecular formula is C43H47N9O3. The minimum Gasteiger partial charge on any atom is -0.474 e. The summed E-state index contributed by atoms with van der Waals surface area (Å²) in [4.78, 5) is 44.9. The van der Waals surface area contributed by atoms with Crippen LogP contribution in [0, 0.1) is 13.8 Å². The molecule has 3 fully saturated rings. The predicted molar refractivity (Wildman–Crippen MR) is 217 cm³/mol. The van der Waals surface area contributed by atoms with Crippen molar-refractivity contribution in [2.45, 2.75) is 57.9 Å². The highest BCUT2D eigenvalue weighted by Crippen LogP contribution is 2.37. The zero-order chi connectivity index (χ0) is 37.5. The number of pyridine rings is 1. The van der Waals surface area contributed by atoms with Gasteiger partial charge in [0, 0.05) is 79.0 Å². The zero-order valence-corrected chi connectivity index (χ0v) is 31.5. The molecule has 12 nitrogen and oxygen atoms in total. The third-order valence-corrected chi connectivity index (χ3v) is 11.9. The van der Waals surface area contributed by atoms with Crippen molar-refractivity contribution in [3.63, 3.8) is 0 Å². The summed E-state index contributed by atoms with van der Waals surface area (Å²) in [5.74, 6) is 1.55. The fourth-order valence-corrected chi connectivity index (χ4v) is 8.76. The van der Waals surface area contributed by atoms with E-state index in [-0.39, 0.29) is 11.9 Å². The molecule has 12 heteroatoms. The van der Waals surface area contributed by atoms with E-state index in [0.717, 1.165) is 109 Å². The number of rotatable bonds is 7. The topological polar surface area (TPSA) is 128 Å². The van der Waals surface area contributed by atoms with Crippen LogP contribution in [0.25, 0.3) is 22.0 Å². The molecule has 5 aromatic rings. The van der Waals surface area contributed by atoms with Crippen LogP contribution >= 0.6 is 0 Å². The van der Waals surface area contributed by atoms with Gasteiger partial charge in [0.25, 0.3) is 0 Å². The number of carbonyl (C=O) groups is 2. The van der Waals surface area contributed by atoms with Gasteiger partial charge in [0.1, 0.15) is 12.3 Å². The molecule has 55 heavy (non-hydrogen) atoms. The summed E-state index contributed by atoms with van der Waals surface area (Å²) in [7, 11) is 0. The summed E-state index contributed by atoms with van der Waals surface area (Å²) in [6.45, 7) is 10.3. The number of urea groups is 1. The van der Waals surface area contributed by atoms with Crippen molar-refractivity contribution in [2.24, 2.45) is 0 Å². The number of amides is 3. The molecular weight excluding hydrogens is 691 g/mol. The zero-order valence-electron chi connectivity index (χ0n) is 31.5.